The summed E-state index contributed by atoms with van der Waals surface area (Å²) in [5, 5.41) is 4.66. The number of sulfonamides is 1. The fraction of sp³-hybridized carbons (Fsp3) is 0.286. The Balaban J connectivity index is 1.87. The summed E-state index contributed by atoms with van der Waals surface area (Å²) >= 11 is 0. The number of nitrogens with one attached hydrogen (secondary N) is 2. The summed E-state index contributed by atoms with van der Waals surface area (Å²) in [6, 6.07) is 9.28. The number of amides is 2. The minimum Gasteiger partial charge on any atom is -0.454 e. The number of hydrogen-bond donors (Lipinski definition) is 2. The van der Waals surface area contributed by atoms with Crippen LogP contribution in [0, 0.1) is 6.92 Å². The average molecular weight is 499 g/mol. The highest BCUT2D eigenvalue weighted by Crippen LogP contribution is 2.22. The Morgan fingerprint density at radius 2 is 1.79 bits per heavy atom. The van der Waals surface area contributed by atoms with E-state index in [1.807, 2.05) is 0 Å². The average Bonchev–Trinajstić information content (AvgIpc) is 2.76. The van der Waals surface area contributed by atoms with Crippen molar-refractivity contribution in [3.63, 3.8) is 0 Å². The number of nitrogens with zero attached hydrogens (tertiary/aromatic N) is 1. The maximum Gasteiger partial charge on any atom is 0.387 e. The van der Waals surface area contributed by atoms with E-state index in [2.05, 4.69) is 15.4 Å². The van der Waals surface area contributed by atoms with Gasteiger partial charge in [0.25, 0.3) is 11.8 Å². The molecule has 0 heterocycles. The Hall–Kier alpha value is -3.58. The smallest absolute Gasteiger partial charge is 0.387 e. The summed E-state index contributed by atoms with van der Waals surface area (Å²) < 4.78 is 59.3. The zero-order valence-corrected chi connectivity index (χ0v) is 19.3. The standard InChI is InChI=1S/C21H23F2N3O7S/c1-13-7-8-15(10-17(13)34(30,31)26(2)3)25-18(27)12-32-19(28)11-24-20(29)14-5-4-6-16(9-14)33-21(22)23/h4-10,21H,11-12H2,1-3H3,(H,24,29)(H,25,27). The third-order valence-corrected chi connectivity index (χ3v) is 6.27. The molecular weight excluding hydrogens is 476 g/mol. The van der Waals surface area contributed by atoms with Gasteiger partial charge in [0.2, 0.25) is 10.0 Å². The van der Waals surface area contributed by atoms with Gasteiger partial charge in [-0.3, -0.25) is 14.4 Å². The Morgan fingerprint density at radius 3 is 2.44 bits per heavy atom. The quantitative estimate of drug-likeness (QED) is 0.476. The molecule has 0 unspecified atom stereocenters. The maximum absolute atomic E-state index is 12.4. The molecule has 0 aliphatic rings. The summed E-state index contributed by atoms with van der Waals surface area (Å²) in [5.41, 5.74) is 0.651. The number of benzene rings is 2. The van der Waals surface area contributed by atoms with Crippen molar-refractivity contribution in [2.75, 3.05) is 32.6 Å². The number of ether oxygens (including phenoxy) is 2. The Morgan fingerprint density at radius 1 is 1.09 bits per heavy atom. The molecule has 2 N–H and O–H groups in total. The van der Waals surface area contributed by atoms with E-state index in [9.17, 15) is 31.6 Å². The summed E-state index contributed by atoms with van der Waals surface area (Å²) in [6.45, 7) is -2.71. The van der Waals surface area contributed by atoms with Gasteiger partial charge in [-0.05, 0) is 42.8 Å². The SMILES string of the molecule is Cc1ccc(NC(=O)COC(=O)CNC(=O)c2cccc(OC(F)F)c2)cc1S(=O)(=O)N(C)C. The largest absolute Gasteiger partial charge is 0.454 e. The third-order valence-electron chi connectivity index (χ3n) is 4.31. The van der Waals surface area contributed by atoms with Gasteiger partial charge in [-0.25, -0.2) is 12.7 Å². The summed E-state index contributed by atoms with van der Waals surface area (Å²) in [7, 11) is -0.965. The number of rotatable bonds is 10. The van der Waals surface area contributed by atoms with Gasteiger partial charge in [0.1, 0.15) is 12.3 Å². The lowest BCUT2D eigenvalue weighted by Gasteiger charge is -2.15. The van der Waals surface area contributed by atoms with Crippen LogP contribution in [0.4, 0.5) is 14.5 Å². The highest BCUT2D eigenvalue weighted by Gasteiger charge is 2.20. The van der Waals surface area contributed by atoms with Crippen molar-refractivity contribution >= 4 is 33.5 Å². The molecule has 0 saturated heterocycles. The van der Waals surface area contributed by atoms with Crippen molar-refractivity contribution in [3.8, 4) is 5.75 Å². The van der Waals surface area contributed by atoms with Crippen LogP contribution in [0.1, 0.15) is 15.9 Å². The van der Waals surface area contributed by atoms with Crippen LogP contribution in [0.5, 0.6) is 5.75 Å². The molecule has 0 aliphatic carbocycles. The third kappa shape index (κ3) is 7.49. The van der Waals surface area contributed by atoms with Crippen LogP contribution in [0.2, 0.25) is 0 Å². The Kier molecular flexibility index (Phi) is 9.04. The predicted octanol–water partition coefficient (Wildman–Crippen LogP) is 1.76. The van der Waals surface area contributed by atoms with Crippen LogP contribution in [-0.4, -0.2) is 64.4 Å². The molecular formula is C21H23F2N3O7S. The lowest BCUT2D eigenvalue weighted by Crippen LogP contribution is -2.32. The molecule has 13 heteroatoms. The van der Waals surface area contributed by atoms with Crippen LogP contribution in [0.15, 0.2) is 47.4 Å². The van der Waals surface area contributed by atoms with Gasteiger partial charge in [-0.1, -0.05) is 12.1 Å². The van der Waals surface area contributed by atoms with Gasteiger partial charge < -0.3 is 20.1 Å². The summed E-state index contributed by atoms with van der Waals surface area (Å²) in [6.07, 6.45) is 0. The van der Waals surface area contributed by atoms with Gasteiger partial charge >= 0.3 is 12.6 Å². The Bertz CT molecular complexity index is 1170. The molecule has 0 aromatic heterocycles. The van der Waals surface area contributed by atoms with Crippen molar-refractivity contribution in [2.45, 2.75) is 18.4 Å². The number of carbonyl (C=O) groups excluding carboxylic acids is 3. The van der Waals surface area contributed by atoms with E-state index in [0.29, 0.717) is 5.56 Å². The number of anilines is 1. The van der Waals surface area contributed by atoms with E-state index in [-0.39, 0.29) is 21.9 Å². The molecule has 2 rings (SSSR count). The lowest BCUT2D eigenvalue weighted by atomic mass is 10.2. The highest BCUT2D eigenvalue weighted by molar-refractivity contribution is 7.89. The molecule has 10 nitrogen and oxygen atoms in total. The minimum absolute atomic E-state index is 0.0121. The predicted molar refractivity (Wildman–Crippen MR) is 117 cm³/mol. The molecule has 0 atom stereocenters. The van der Waals surface area contributed by atoms with Crippen molar-refractivity contribution in [1.29, 1.82) is 0 Å². The van der Waals surface area contributed by atoms with E-state index in [1.54, 1.807) is 6.92 Å². The first-order valence-electron chi connectivity index (χ1n) is 9.72. The first-order chi connectivity index (χ1) is 15.9. The molecule has 184 valence electrons. The second kappa shape index (κ2) is 11.5. The van der Waals surface area contributed by atoms with E-state index in [4.69, 9.17) is 4.74 Å². The van der Waals surface area contributed by atoms with E-state index >= 15 is 0 Å². The zero-order valence-electron chi connectivity index (χ0n) is 18.5. The van der Waals surface area contributed by atoms with Crippen molar-refractivity contribution in [1.82, 2.24) is 9.62 Å². The van der Waals surface area contributed by atoms with E-state index in [0.717, 1.165) is 10.4 Å². The number of aryl methyl sites for hydroxylation is 1. The molecule has 0 fully saturated rings. The van der Waals surface area contributed by atoms with Gasteiger partial charge in [0.05, 0.1) is 4.90 Å². The van der Waals surface area contributed by atoms with Crippen molar-refractivity contribution in [2.24, 2.45) is 0 Å². The number of carbonyl (C=O) groups is 3. The molecule has 0 bridgehead atoms. The first kappa shape index (κ1) is 26.7. The summed E-state index contributed by atoms with van der Waals surface area (Å²) in [4.78, 5) is 36.0. The van der Waals surface area contributed by atoms with Crippen LogP contribution in [-0.2, 0) is 24.3 Å². The zero-order chi connectivity index (χ0) is 25.5. The monoisotopic (exact) mass is 499 g/mol. The molecule has 34 heavy (non-hydrogen) atoms. The number of esters is 1. The van der Waals surface area contributed by atoms with Crippen LogP contribution in [0.3, 0.4) is 0 Å². The molecule has 0 saturated carbocycles. The van der Waals surface area contributed by atoms with E-state index in [1.165, 1.54) is 50.5 Å². The lowest BCUT2D eigenvalue weighted by molar-refractivity contribution is -0.146. The van der Waals surface area contributed by atoms with Gasteiger partial charge in [0, 0.05) is 25.3 Å². The molecule has 2 aromatic carbocycles. The second-order valence-electron chi connectivity index (χ2n) is 7.07. The number of halogens is 2. The van der Waals surface area contributed by atoms with Crippen LogP contribution >= 0.6 is 0 Å². The van der Waals surface area contributed by atoms with Gasteiger partial charge in [-0.2, -0.15) is 8.78 Å². The minimum atomic E-state index is -3.73. The summed E-state index contributed by atoms with van der Waals surface area (Å²) in [5.74, 6) is -2.62. The topological polar surface area (TPSA) is 131 Å². The molecule has 0 aliphatic heterocycles. The first-order valence-corrected chi connectivity index (χ1v) is 11.2. The molecule has 0 radical (unpaired) electrons. The fourth-order valence-corrected chi connectivity index (χ4v) is 3.76. The normalized spacial score (nSPS) is 11.3. The van der Waals surface area contributed by atoms with Gasteiger partial charge in [-0.15, -0.1) is 0 Å². The molecule has 2 amide bonds. The van der Waals surface area contributed by atoms with Crippen LogP contribution in [0.25, 0.3) is 0 Å². The molecule has 0 spiro atoms. The van der Waals surface area contributed by atoms with E-state index < -0.39 is 47.6 Å². The number of hydrogen-bond acceptors (Lipinski definition) is 7. The van der Waals surface area contributed by atoms with Gasteiger partial charge in [0.15, 0.2) is 6.61 Å². The fourth-order valence-electron chi connectivity index (χ4n) is 2.61. The van der Waals surface area contributed by atoms with Crippen molar-refractivity contribution < 1.29 is 41.1 Å². The molecule has 2 aromatic rings. The second-order valence-corrected chi connectivity index (χ2v) is 9.19. The highest BCUT2D eigenvalue weighted by atomic mass is 32.2. The van der Waals surface area contributed by atoms with Crippen LogP contribution < -0.4 is 15.4 Å². The number of alkyl halides is 2. The maximum atomic E-state index is 12.4. The van der Waals surface area contributed by atoms with Crippen molar-refractivity contribution in [3.05, 3.63) is 53.6 Å². The Labute approximate surface area is 194 Å².